The van der Waals surface area contributed by atoms with E-state index in [0.717, 1.165) is 56.7 Å². The van der Waals surface area contributed by atoms with E-state index < -0.39 is 0 Å². The molecule has 1 aromatic carbocycles. The topological polar surface area (TPSA) is 21.7 Å². The fraction of sp³-hybridized carbons (Fsp3) is 0.739. The molecule has 4 unspecified atom stereocenters. The Hall–Kier alpha value is -0.0299. The number of hydrogen-bond donors (Lipinski definition) is 0. The molecule has 4 atom stereocenters. The van der Waals surface area contributed by atoms with Gasteiger partial charge >= 0.3 is 164 Å². The number of ether oxygens (including phenoxy) is 2. The third-order valence-corrected chi connectivity index (χ3v) is 8.62. The summed E-state index contributed by atoms with van der Waals surface area (Å²) < 4.78 is 13.8. The van der Waals surface area contributed by atoms with Gasteiger partial charge < -0.3 is 0 Å². The molecule has 1 heterocycles. The van der Waals surface area contributed by atoms with Gasteiger partial charge in [0.05, 0.1) is 0 Å². The molecule has 0 saturated carbocycles. The summed E-state index contributed by atoms with van der Waals surface area (Å²) in [7, 11) is 3.81. The normalized spacial score (nSPS) is 24.4. The Bertz CT molecular complexity index is 526. The van der Waals surface area contributed by atoms with Crippen LogP contribution >= 0.6 is 0 Å². The molecular formula is C23H40InNO2. The van der Waals surface area contributed by atoms with Gasteiger partial charge in [0, 0.05) is 0 Å². The summed E-state index contributed by atoms with van der Waals surface area (Å²) in [6, 6.07) is 11.5. The molecule has 1 fully saturated rings. The number of nitrogens with zero attached hydrogens (tertiary/aromatic N) is 1. The van der Waals surface area contributed by atoms with Crippen LogP contribution in [0.1, 0.15) is 57.9 Å². The molecular weight excluding hydrogens is 437 g/mol. The van der Waals surface area contributed by atoms with Crippen LogP contribution in [0.15, 0.2) is 30.3 Å². The maximum atomic E-state index is 6.34. The van der Waals surface area contributed by atoms with Crippen molar-refractivity contribution >= 4 is 24.4 Å². The zero-order valence-electron chi connectivity index (χ0n) is 18.2. The molecule has 0 radical (unpaired) electrons. The molecule has 1 saturated heterocycles. The third kappa shape index (κ3) is 5.98. The molecule has 0 aromatic heterocycles. The van der Waals surface area contributed by atoms with Crippen LogP contribution in [0.25, 0.3) is 0 Å². The van der Waals surface area contributed by atoms with Gasteiger partial charge in [-0.2, -0.15) is 0 Å². The SMILES string of the molecule is CCCC(OC)(C1CCN(Cc2ccccc2)C(C)C1)C(CC[CH2][InH2])OC. The Morgan fingerprint density at radius 2 is 2.00 bits per heavy atom. The van der Waals surface area contributed by atoms with E-state index in [0.29, 0.717) is 12.0 Å². The molecule has 0 aliphatic carbocycles. The molecule has 0 spiro atoms. The van der Waals surface area contributed by atoms with Gasteiger partial charge in [-0.3, -0.25) is 0 Å². The standard InChI is InChI=1S/C23H38NO2.In.2H/c1-6-11-22(25-4)23(26-5,15-7-2)21-14-16-24(19(3)17-21)18-20-12-9-8-10-13-20;;;/h8-10,12-13,19,21-22H,1,6-7,11,14-18H2,2-5H3;;;. The minimum absolute atomic E-state index is 0.124. The summed E-state index contributed by atoms with van der Waals surface area (Å²) in [6.45, 7) is 6.88. The molecule has 3 nitrogen and oxygen atoms in total. The third-order valence-electron chi connectivity index (χ3n) is 6.60. The Balaban J connectivity index is 2.11. The summed E-state index contributed by atoms with van der Waals surface area (Å²) in [5.41, 5.74) is 1.29. The van der Waals surface area contributed by atoms with Gasteiger partial charge in [-0.25, -0.2) is 0 Å². The van der Waals surface area contributed by atoms with E-state index in [9.17, 15) is 0 Å². The second-order valence-corrected chi connectivity index (χ2v) is 11.2. The van der Waals surface area contributed by atoms with Crippen LogP contribution in [0, 0.1) is 5.92 Å². The zero-order chi connectivity index (χ0) is 19.7. The van der Waals surface area contributed by atoms with Gasteiger partial charge in [-0.05, 0) is 0 Å². The van der Waals surface area contributed by atoms with E-state index in [1.807, 2.05) is 14.2 Å². The Labute approximate surface area is 181 Å². The van der Waals surface area contributed by atoms with Crippen molar-refractivity contribution in [3.8, 4) is 0 Å². The summed E-state index contributed by atoms with van der Waals surface area (Å²) in [5.74, 6) is 0.579. The molecule has 27 heavy (non-hydrogen) atoms. The van der Waals surface area contributed by atoms with Gasteiger partial charge in [-0.15, -0.1) is 0 Å². The summed E-state index contributed by atoms with van der Waals surface area (Å²) in [4.78, 5) is 2.64. The molecule has 2 rings (SSSR count). The van der Waals surface area contributed by atoms with E-state index in [4.69, 9.17) is 9.47 Å². The summed E-state index contributed by atoms with van der Waals surface area (Å²) in [6.07, 6.45) is 7.33. The Kier molecular flexibility index (Phi) is 10.2. The molecule has 1 aliphatic rings. The predicted molar refractivity (Wildman–Crippen MR) is 117 cm³/mol. The maximum absolute atomic E-state index is 6.34. The van der Waals surface area contributed by atoms with E-state index in [1.54, 1.807) is 0 Å². The van der Waals surface area contributed by atoms with E-state index >= 15 is 0 Å². The predicted octanol–water partition coefficient (Wildman–Crippen LogP) is 4.32. The van der Waals surface area contributed by atoms with Crippen molar-refractivity contribution in [2.45, 2.75) is 80.8 Å². The van der Waals surface area contributed by atoms with Crippen LogP contribution < -0.4 is 0 Å². The first-order valence-electron chi connectivity index (χ1n) is 11.0. The van der Waals surface area contributed by atoms with Gasteiger partial charge in [0.25, 0.3) is 0 Å². The van der Waals surface area contributed by atoms with E-state index in [-0.39, 0.29) is 11.7 Å². The number of hydrogen-bond acceptors (Lipinski definition) is 3. The molecule has 1 aliphatic heterocycles. The van der Waals surface area contributed by atoms with E-state index in [2.05, 4.69) is 49.1 Å². The number of piperidine rings is 1. The van der Waals surface area contributed by atoms with Crippen LogP contribution in [0.5, 0.6) is 0 Å². The van der Waals surface area contributed by atoms with Crippen LogP contribution in [0.4, 0.5) is 0 Å². The number of benzene rings is 1. The molecule has 0 amide bonds. The van der Waals surface area contributed by atoms with Gasteiger partial charge in [0.15, 0.2) is 0 Å². The van der Waals surface area contributed by atoms with Gasteiger partial charge in [-0.1, -0.05) is 18.2 Å². The fourth-order valence-electron chi connectivity index (χ4n) is 5.09. The van der Waals surface area contributed by atoms with Gasteiger partial charge in [0.2, 0.25) is 0 Å². The number of methoxy groups -OCH3 is 2. The van der Waals surface area contributed by atoms with Crippen molar-refractivity contribution in [1.82, 2.24) is 4.90 Å². The summed E-state index contributed by atoms with van der Waals surface area (Å²) >= 11 is 0.775. The quantitative estimate of drug-likeness (QED) is 0.474. The average molecular weight is 477 g/mol. The minimum atomic E-state index is -0.124. The van der Waals surface area contributed by atoms with Crippen molar-refractivity contribution in [1.29, 1.82) is 0 Å². The van der Waals surface area contributed by atoms with Crippen molar-refractivity contribution in [3.05, 3.63) is 35.9 Å². The van der Waals surface area contributed by atoms with Crippen LogP contribution in [0.2, 0.25) is 4.18 Å². The van der Waals surface area contributed by atoms with Crippen molar-refractivity contribution < 1.29 is 9.47 Å². The van der Waals surface area contributed by atoms with E-state index in [1.165, 1.54) is 29.0 Å². The van der Waals surface area contributed by atoms with Gasteiger partial charge in [0.1, 0.15) is 0 Å². The Morgan fingerprint density at radius 1 is 1.26 bits per heavy atom. The second kappa shape index (κ2) is 11.8. The van der Waals surface area contributed by atoms with Crippen LogP contribution in [-0.2, 0) is 16.0 Å². The zero-order valence-corrected chi connectivity index (χ0v) is 24.0. The van der Waals surface area contributed by atoms with Crippen LogP contribution in [-0.4, -0.2) is 67.8 Å². The first-order chi connectivity index (χ1) is 13.1. The molecule has 1 aromatic rings. The molecule has 4 heteroatoms. The average Bonchev–Trinajstić information content (AvgIpc) is 2.70. The van der Waals surface area contributed by atoms with Crippen molar-refractivity contribution in [3.63, 3.8) is 0 Å². The Morgan fingerprint density at radius 3 is 2.56 bits per heavy atom. The van der Waals surface area contributed by atoms with Crippen LogP contribution in [0.3, 0.4) is 0 Å². The molecule has 0 bridgehead atoms. The molecule has 152 valence electrons. The van der Waals surface area contributed by atoms with Crippen molar-refractivity contribution in [2.75, 3.05) is 20.8 Å². The van der Waals surface area contributed by atoms with Crippen molar-refractivity contribution in [2.24, 2.45) is 5.92 Å². The number of rotatable bonds is 11. The number of likely N-dealkylation sites (tertiary alicyclic amines) is 1. The monoisotopic (exact) mass is 477 g/mol. The molecule has 0 N–H and O–H groups in total. The fourth-order valence-corrected chi connectivity index (χ4v) is 6.25. The summed E-state index contributed by atoms with van der Waals surface area (Å²) in [5, 5.41) is 0. The first kappa shape index (κ1) is 23.3. The first-order valence-corrected chi connectivity index (χ1v) is 15.0. The second-order valence-electron chi connectivity index (χ2n) is 8.30.